The normalized spacial score (nSPS) is 26.3. The molecule has 168 valence electrons. The highest BCUT2D eigenvalue weighted by atomic mass is 16.7. The minimum Gasteiger partial charge on any atom is -0.504 e. The van der Waals surface area contributed by atoms with Gasteiger partial charge in [-0.25, -0.2) is 9.59 Å². The summed E-state index contributed by atoms with van der Waals surface area (Å²) in [4.78, 5) is 25.1. The number of hydrogen-bond donors (Lipinski definition) is 6. The van der Waals surface area contributed by atoms with E-state index in [-0.39, 0.29) is 21.5 Å². The van der Waals surface area contributed by atoms with Crippen molar-refractivity contribution >= 4 is 32.7 Å². The second-order valence-electron chi connectivity index (χ2n) is 7.55. The van der Waals surface area contributed by atoms with Crippen molar-refractivity contribution in [2.45, 2.75) is 37.6 Å². The lowest BCUT2D eigenvalue weighted by Gasteiger charge is -2.38. The van der Waals surface area contributed by atoms with Crippen LogP contribution in [0.4, 0.5) is 0 Å². The van der Waals surface area contributed by atoms with E-state index < -0.39 is 76.1 Å². The SMILES string of the molecule is C[C@@H]1O[C@@H](Oc2cc3c(=O)oc4c(O)c(O)cc5c(=O)oc(c2O)c3c45)[C@H](O)[C@@H](O)[C@H]1O. The minimum absolute atomic E-state index is 0.0656. The van der Waals surface area contributed by atoms with Gasteiger partial charge in [0.1, 0.15) is 18.3 Å². The van der Waals surface area contributed by atoms with Crippen LogP contribution in [-0.2, 0) is 4.74 Å². The number of phenols is 3. The zero-order chi connectivity index (χ0) is 23.1. The topological polar surface area (TPSA) is 200 Å². The van der Waals surface area contributed by atoms with E-state index in [0.717, 1.165) is 12.1 Å². The van der Waals surface area contributed by atoms with Crippen molar-refractivity contribution in [3.05, 3.63) is 33.0 Å². The van der Waals surface area contributed by atoms with Crippen LogP contribution in [0.25, 0.3) is 32.7 Å². The van der Waals surface area contributed by atoms with Crippen LogP contribution < -0.4 is 16.0 Å². The number of hydrogen-bond acceptors (Lipinski definition) is 12. The van der Waals surface area contributed by atoms with Crippen LogP contribution in [0.5, 0.6) is 23.0 Å². The first kappa shape index (κ1) is 20.3. The van der Waals surface area contributed by atoms with E-state index in [1.165, 1.54) is 6.92 Å². The van der Waals surface area contributed by atoms with Crippen LogP contribution >= 0.6 is 0 Å². The Bertz CT molecular complexity index is 1480. The molecule has 1 aliphatic rings. The monoisotopic (exact) mass is 448 g/mol. The van der Waals surface area contributed by atoms with Gasteiger partial charge in [-0.15, -0.1) is 0 Å². The Kier molecular flexibility index (Phi) is 4.26. The molecule has 6 N–H and O–H groups in total. The molecule has 32 heavy (non-hydrogen) atoms. The molecule has 0 aliphatic carbocycles. The number of aliphatic hydroxyl groups excluding tert-OH is 3. The molecule has 12 nitrogen and oxygen atoms in total. The number of aliphatic hydroxyl groups is 3. The van der Waals surface area contributed by atoms with E-state index >= 15 is 0 Å². The molecule has 0 amide bonds. The van der Waals surface area contributed by atoms with Gasteiger partial charge in [0.2, 0.25) is 17.8 Å². The molecule has 0 spiro atoms. The van der Waals surface area contributed by atoms with Gasteiger partial charge >= 0.3 is 11.3 Å². The quantitative estimate of drug-likeness (QED) is 0.134. The number of ether oxygens (including phenoxy) is 2. The van der Waals surface area contributed by atoms with E-state index in [4.69, 9.17) is 18.3 Å². The number of aromatic hydroxyl groups is 3. The fraction of sp³-hybridized carbons (Fsp3) is 0.300. The van der Waals surface area contributed by atoms with Crippen molar-refractivity contribution in [1.82, 2.24) is 0 Å². The molecule has 0 saturated carbocycles. The van der Waals surface area contributed by atoms with Gasteiger partial charge in [0, 0.05) is 10.8 Å². The average molecular weight is 448 g/mol. The molecule has 2 aromatic heterocycles. The molecule has 0 unspecified atom stereocenters. The maximum Gasteiger partial charge on any atom is 0.344 e. The Morgan fingerprint density at radius 2 is 1.38 bits per heavy atom. The average Bonchev–Trinajstić information content (AvgIpc) is 2.75. The van der Waals surface area contributed by atoms with E-state index in [0.29, 0.717) is 0 Å². The summed E-state index contributed by atoms with van der Waals surface area (Å²) in [5.41, 5.74) is -2.98. The fourth-order valence-electron chi connectivity index (χ4n) is 3.90. The highest BCUT2D eigenvalue weighted by Crippen LogP contribution is 2.45. The van der Waals surface area contributed by atoms with E-state index in [1.807, 2.05) is 0 Å². The third-order valence-electron chi connectivity index (χ3n) is 5.59. The van der Waals surface area contributed by atoms with Gasteiger partial charge in [0.15, 0.2) is 22.7 Å². The number of phenolic OH excluding ortho intramolecular Hbond substituents is 3. The van der Waals surface area contributed by atoms with Crippen molar-refractivity contribution in [2.75, 3.05) is 0 Å². The summed E-state index contributed by atoms with van der Waals surface area (Å²) in [5, 5.41) is 60.0. The molecule has 0 bridgehead atoms. The van der Waals surface area contributed by atoms with E-state index in [1.54, 1.807) is 0 Å². The van der Waals surface area contributed by atoms with Crippen LogP contribution in [0.15, 0.2) is 30.6 Å². The third-order valence-corrected chi connectivity index (χ3v) is 5.59. The molecule has 4 aromatic rings. The summed E-state index contributed by atoms with van der Waals surface area (Å²) in [5.74, 6) is -2.67. The first-order valence-corrected chi connectivity index (χ1v) is 9.40. The van der Waals surface area contributed by atoms with Gasteiger partial charge in [-0.1, -0.05) is 0 Å². The maximum atomic E-state index is 12.6. The summed E-state index contributed by atoms with van der Waals surface area (Å²) < 4.78 is 21.0. The predicted octanol–water partition coefficient (Wildman–Crippen LogP) is -0.187. The van der Waals surface area contributed by atoms with Crippen molar-refractivity contribution in [3.8, 4) is 23.0 Å². The summed E-state index contributed by atoms with van der Waals surface area (Å²) in [6.45, 7) is 1.42. The van der Waals surface area contributed by atoms with Gasteiger partial charge in [-0.3, -0.25) is 0 Å². The van der Waals surface area contributed by atoms with Crippen molar-refractivity contribution in [2.24, 2.45) is 0 Å². The van der Waals surface area contributed by atoms with Crippen LogP contribution in [0.1, 0.15) is 6.92 Å². The van der Waals surface area contributed by atoms with Crippen molar-refractivity contribution < 1.29 is 48.9 Å². The molecule has 12 heteroatoms. The highest BCUT2D eigenvalue weighted by Gasteiger charge is 2.43. The third kappa shape index (κ3) is 2.64. The lowest BCUT2D eigenvalue weighted by molar-refractivity contribution is -0.268. The number of benzene rings is 2. The Hall–Kier alpha value is -3.58. The zero-order valence-electron chi connectivity index (χ0n) is 16.2. The molecule has 1 aliphatic heterocycles. The molecular weight excluding hydrogens is 432 g/mol. The van der Waals surface area contributed by atoms with Crippen LogP contribution in [0.2, 0.25) is 0 Å². The summed E-state index contributed by atoms with van der Waals surface area (Å²) >= 11 is 0. The van der Waals surface area contributed by atoms with Gasteiger partial charge < -0.3 is 48.9 Å². The summed E-state index contributed by atoms with van der Waals surface area (Å²) in [7, 11) is 0. The van der Waals surface area contributed by atoms with Gasteiger partial charge in [-0.2, -0.15) is 0 Å². The first-order chi connectivity index (χ1) is 15.1. The zero-order valence-corrected chi connectivity index (χ0v) is 16.2. The van der Waals surface area contributed by atoms with Crippen molar-refractivity contribution in [1.29, 1.82) is 0 Å². The Labute approximate surface area is 176 Å². The smallest absolute Gasteiger partial charge is 0.344 e. The molecule has 1 fully saturated rings. The van der Waals surface area contributed by atoms with E-state index in [2.05, 4.69) is 0 Å². The fourth-order valence-corrected chi connectivity index (χ4v) is 3.90. The Morgan fingerprint density at radius 1 is 0.812 bits per heavy atom. The standard InChI is InChI=1S/C20H16O12/c1-4-11(22)14(25)15(26)20(29-4)30-8-3-6-10-9-5(18(27)32-17(10)13(8)24)2-7(21)12(23)16(9)31-19(6)28/h2-4,11,14-15,20-26H,1H3/t4-,11-,14-,15+,20-/m0/s1. The molecule has 0 radical (unpaired) electrons. The van der Waals surface area contributed by atoms with Gasteiger partial charge in [0.05, 0.1) is 16.9 Å². The minimum atomic E-state index is -1.71. The lowest BCUT2D eigenvalue weighted by Crippen LogP contribution is -2.58. The van der Waals surface area contributed by atoms with Crippen molar-refractivity contribution in [3.63, 3.8) is 0 Å². The molecule has 1 saturated heterocycles. The Morgan fingerprint density at radius 3 is 2.00 bits per heavy atom. The highest BCUT2D eigenvalue weighted by molar-refractivity contribution is 6.22. The van der Waals surface area contributed by atoms with Gasteiger partial charge in [0.25, 0.3) is 0 Å². The molecule has 3 heterocycles. The largest absolute Gasteiger partial charge is 0.504 e. The maximum absolute atomic E-state index is 12.6. The molecule has 5 atom stereocenters. The molecular formula is C20H16O12. The van der Waals surface area contributed by atoms with Crippen LogP contribution in [0.3, 0.4) is 0 Å². The lowest BCUT2D eigenvalue weighted by atomic mass is 10.00. The predicted molar refractivity (Wildman–Crippen MR) is 105 cm³/mol. The first-order valence-electron chi connectivity index (χ1n) is 9.40. The van der Waals surface area contributed by atoms with Crippen LogP contribution in [-0.4, -0.2) is 61.3 Å². The second kappa shape index (κ2) is 6.71. The summed E-state index contributed by atoms with van der Waals surface area (Å²) in [6.07, 6.45) is -7.21. The second-order valence-corrected chi connectivity index (χ2v) is 7.55. The Balaban J connectivity index is 1.76. The van der Waals surface area contributed by atoms with E-state index in [9.17, 15) is 40.2 Å². The van der Waals surface area contributed by atoms with Gasteiger partial charge in [-0.05, 0) is 19.1 Å². The molecule has 2 aromatic carbocycles. The van der Waals surface area contributed by atoms with Crippen LogP contribution in [0, 0.1) is 0 Å². The molecule has 5 rings (SSSR count). The summed E-state index contributed by atoms with van der Waals surface area (Å²) in [6, 6.07) is 1.98. The number of rotatable bonds is 2.